The fourth-order valence-electron chi connectivity index (χ4n) is 3.40. The van der Waals surface area contributed by atoms with Crippen LogP contribution in [-0.2, 0) is 5.60 Å². The second kappa shape index (κ2) is 5.35. The van der Waals surface area contributed by atoms with E-state index >= 15 is 0 Å². The molecule has 0 saturated heterocycles. The third kappa shape index (κ3) is 2.82. The van der Waals surface area contributed by atoms with Crippen molar-refractivity contribution in [2.24, 2.45) is 11.7 Å². The summed E-state index contributed by atoms with van der Waals surface area (Å²) >= 11 is 0. The van der Waals surface area contributed by atoms with Gasteiger partial charge < -0.3 is 20.7 Å². The predicted octanol–water partition coefficient (Wildman–Crippen LogP) is 1.78. The average Bonchev–Trinajstić information content (AvgIpc) is 2.37. The van der Waals surface area contributed by atoms with E-state index in [-0.39, 0.29) is 5.92 Å². The van der Waals surface area contributed by atoms with Crippen molar-refractivity contribution in [1.29, 1.82) is 0 Å². The van der Waals surface area contributed by atoms with Gasteiger partial charge in [0, 0.05) is 17.9 Å². The molecule has 112 valence electrons. The standard InChI is InChI=1S/C16H25NO3/c1-15(2,17)14-8-7-12(18)10-16(14,19)11-5-4-6-13(9-11)20-3/h4-6,9,12,14,18-19H,7-8,10,17H2,1-3H3/t12-,14+,16-/m0/s1. The van der Waals surface area contributed by atoms with Crippen LogP contribution in [0.3, 0.4) is 0 Å². The lowest BCUT2D eigenvalue weighted by Crippen LogP contribution is -2.55. The minimum Gasteiger partial charge on any atom is -0.497 e. The molecule has 3 atom stereocenters. The highest BCUT2D eigenvalue weighted by Gasteiger charge is 2.48. The highest BCUT2D eigenvalue weighted by atomic mass is 16.5. The number of aliphatic hydroxyl groups is 2. The maximum atomic E-state index is 11.2. The number of hydrogen-bond acceptors (Lipinski definition) is 4. The van der Waals surface area contributed by atoms with E-state index < -0.39 is 17.2 Å². The number of benzene rings is 1. The Morgan fingerprint density at radius 3 is 2.65 bits per heavy atom. The zero-order valence-corrected chi connectivity index (χ0v) is 12.5. The molecule has 0 radical (unpaired) electrons. The van der Waals surface area contributed by atoms with Gasteiger partial charge in [0.1, 0.15) is 5.75 Å². The lowest BCUT2D eigenvalue weighted by atomic mass is 9.64. The summed E-state index contributed by atoms with van der Waals surface area (Å²) in [6, 6.07) is 7.40. The van der Waals surface area contributed by atoms with E-state index in [4.69, 9.17) is 10.5 Å². The van der Waals surface area contributed by atoms with Gasteiger partial charge in [-0.3, -0.25) is 0 Å². The van der Waals surface area contributed by atoms with E-state index in [0.29, 0.717) is 25.0 Å². The predicted molar refractivity (Wildman–Crippen MR) is 78.5 cm³/mol. The Labute approximate surface area is 120 Å². The monoisotopic (exact) mass is 279 g/mol. The van der Waals surface area contributed by atoms with Gasteiger partial charge >= 0.3 is 0 Å². The third-order valence-corrected chi connectivity index (χ3v) is 4.38. The summed E-state index contributed by atoms with van der Waals surface area (Å²) in [5.41, 5.74) is 5.39. The van der Waals surface area contributed by atoms with Crippen LogP contribution in [0.5, 0.6) is 5.75 Å². The molecule has 0 aliphatic heterocycles. The summed E-state index contributed by atoms with van der Waals surface area (Å²) in [6.07, 6.45) is 1.20. The maximum absolute atomic E-state index is 11.2. The number of methoxy groups -OCH3 is 1. The highest BCUT2D eigenvalue weighted by molar-refractivity contribution is 5.34. The molecule has 1 aromatic carbocycles. The van der Waals surface area contributed by atoms with Gasteiger partial charge in [0.2, 0.25) is 0 Å². The van der Waals surface area contributed by atoms with Crippen molar-refractivity contribution in [1.82, 2.24) is 0 Å². The Hall–Kier alpha value is -1.10. The first-order valence-corrected chi connectivity index (χ1v) is 7.11. The minimum atomic E-state index is -1.12. The molecule has 1 saturated carbocycles. The zero-order valence-electron chi connectivity index (χ0n) is 12.5. The summed E-state index contributed by atoms with van der Waals surface area (Å²) in [6.45, 7) is 3.86. The second-order valence-corrected chi connectivity index (χ2v) is 6.47. The van der Waals surface area contributed by atoms with Crippen molar-refractivity contribution >= 4 is 0 Å². The number of aliphatic hydroxyl groups excluding tert-OH is 1. The van der Waals surface area contributed by atoms with E-state index in [1.54, 1.807) is 7.11 Å². The van der Waals surface area contributed by atoms with Crippen LogP contribution < -0.4 is 10.5 Å². The highest BCUT2D eigenvalue weighted by Crippen LogP contribution is 2.46. The number of rotatable bonds is 3. The van der Waals surface area contributed by atoms with Gasteiger partial charge in [-0.1, -0.05) is 12.1 Å². The van der Waals surface area contributed by atoms with Gasteiger partial charge in [-0.25, -0.2) is 0 Å². The Bertz CT molecular complexity index is 469. The molecular formula is C16H25NO3. The summed E-state index contributed by atoms with van der Waals surface area (Å²) in [5, 5.41) is 21.2. The summed E-state index contributed by atoms with van der Waals surface area (Å²) in [7, 11) is 1.60. The molecule has 20 heavy (non-hydrogen) atoms. The molecule has 2 rings (SSSR count). The molecule has 4 heteroatoms. The molecule has 0 heterocycles. The lowest BCUT2D eigenvalue weighted by Gasteiger charge is -2.48. The van der Waals surface area contributed by atoms with Crippen LogP contribution in [-0.4, -0.2) is 29.0 Å². The first-order chi connectivity index (χ1) is 9.27. The summed E-state index contributed by atoms with van der Waals surface area (Å²) < 4.78 is 5.23. The van der Waals surface area contributed by atoms with Crippen LogP contribution in [0.15, 0.2) is 24.3 Å². The molecular weight excluding hydrogens is 254 g/mol. The van der Waals surface area contributed by atoms with E-state index in [0.717, 1.165) is 5.56 Å². The number of ether oxygens (including phenoxy) is 1. The summed E-state index contributed by atoms with van der Waals surface area (Å²) in [4.78, 5) is 0. The molecule has 4 nitrogen and oxygen atoms in total. The van der Waals surface area contributed by atoms with Crippen molar-refractivity contribution in [3.63, 3.8) is 0 Å². The SMILES string of the molecule is COc1cccc([C@@]2(O)C[C@@H](O)CC[C@@H]2C(C)(C)N)c1. The van der Waals surface area contributed by atoms with Gasteiger partial charge in [0.25, 0.3) is 0 Å². The molecule has 0 unspecified atom stereocenters. The van der Waals surface area contributed by atoms with Gasteiger partial charge in [-0.15, -0.1) is 0 Å². The quantitative estimate of drug-likeness (QED) is 0.788. The van der Waals surface area contributed by atoms with Gasteiger partial charge in [-0.05, 0) is 44.4 Å². The Kier molecular flexibility index (Phi) is 4.09. The Morgan fingerprint density at radius 1 is 1.35 bits per heavy atom. The number of nitrogens with two attached hydrogens (primary N) is 1. The average molecular weight is 279 g/mol. The second-order valence-electron chi connectivity index (χ2n) is 6.47. The Morgan fingerprint density at radius 2 is 2.05 bits per heavy atom. The third-order valence-electron chi connectivity index (χ3n) is 4.38. The fraction of sp³-hybridized carbons (Fsp3) is 0.625. The molecule has 1 aromatic rings. The van der Waals surface area contributed by atoms with Crippen LogP contribution in [0.4, 0.5) is 0 Å². The molecule has 1 fully saturated rings. The van der Waals surface area contributed by atoms with E-state index in [9.17, 15) is 10.2 Å². The largest absolute Gasteiger partial charge is 0.497 e. The van der Waals surface area contributed by atoms with Gasteiger partial charge in [0.15, 0.2) is 0 Å². The van der Waals surface area contributed by atoms with Crippen LogP contribution >= 0.6 is 0 Å². The maximum Gasteiger partial charge on any atom is 0.119 e. The van der Waals surface area contributed by atoms with Gasteiger partial charge in [0.05, 0.1) is 18.8 Å². The van der Waals surface area contributed by atoms with Crippen molar-refractivity contribution in [3.8, 4) is 5.75 Å². The van der Waals surface area contributed by atoms with E-state index in [2.05, 4.69) is 0 Å². The molecule has 0 spiro atoms. The first kappa shape index (κ1) is 15.3. The molecule has 0 bridgehead atoms. The normalized spacial score (nSPS) is 31.1. The molecule has 1 aliphatic rings. The molecule has 0 aromatic heterocycles. The summed E-state index contributed by atoms with van der Waals surface area (Å²) in [5.74, 6) is 0.593. The van der Waals surface area contributed by atoms with Crippen molar-refractivity contribution in [3.05, 3.63) is 29.8 Å². The fourth-order valence-corrected chi connectivity index (χ4v) is 3.40. The number of hydrogen-bond donors (Lipinski definition) is 3. The van der Waals surface area contributed by atoms with Gasteiger partial charge in [-0.2, -0.15) is 0 Å². The molecule has 4 N–H and O–H groups in total. The van der Waals surface area contributed by atoms with Crippen LogP contribution in [0.1, 0.15) is 38.7 Å². The lowest BCUT2D eigenvalue weighted by molar-refractivity contribution is -0.113. The van der Waals surface area contributed by atoms with E-state index in [1.165, 1.54) is 0 Å². The van der Waals surface area contributed by atoms with Crippen molar-refractivity contribution in [2.45, 2.75) is 50.4 Å². The van der Waals surface area contributed by atoms with Crippen LogP contribution in [0.25, 0.3) is 0 Å². The zero-order chi connectivity index (χ0) is 15.0. The minimum absolute atomic E-state index is 0.106. The van der Waals surface area contributed by atoms with Crippen LogP contribution in [0.2, 0.25) is 0 Å². The molecule has 0 amide bonds. The first-order valence-electron chi connectivity index (χ1n) is 7.11. The Balaban J connectivity index is 2.45. The van der Waals surface area contributed by atoms with Crippen LogP contribution in [0, 0.1) is 5.92 Å². The molecule has 1 aliphatic carbocycles. The smallest absolute Gasteiger partial charge is 0.119 e. The van der Waals surface area contributed by atoms with Crippen molar-refractivity contribution < 1.29 is 14.9 Å². The van der Waals surface area contributed by atoms with E-state index in [1.807, 2.05) is 38.1 Å². The topological polar surface area (TPSA) is 75.7 Å². The van der Waals surface area contributed by atoms with Crippen molar-refractivity contribution in [2.75, 3.05) is 7.11 Å².